The summed E-state index contributed by atoms with van der Waals surface area (Å²) in [5, 5.41) is 0. The molecule has 1 aromatic heterocycles. The summed E-state index contributed by atoms with van der Waals surface area (Å²) < 4.78 is 11.5. The predicted molar refractivity (Wildman–Crippen MR) is 84.2 cm³/mol. The number of amides is 1. The van der Waals surface area contributed by atoms with E-state index in [0.29, 0.717) is 25.3 Å². The maximum Gasteiger partial charge on any atom is 0.254 e. The Labute approximate surface area is 132 Å². The third-order valence-corrected chi connectivity index (χ3v) is 3.56. The zero-order valence-electron chi connectivity index (χ0n) is 12.1. The topological polar surface area (TPSA) is 42.7 Å². The molecule has 2 aromatic rings. The van der Waals surface area contributed by atoms with Crippen molar-refractivity contribution in [1.29, 1.82) is 0 Å². The minimum absolute atomic E-state index is 0.0394. The maximum atomic E-state index is 12.6. The summed E-state index contributed by atoms with van der Waals surface area (Å²) in [5.41, 5.74) is 0.642. The lowest BCUT2D eigenvalue weighted by Crippen LogP contribution is -2.33. The van der Waals surface area contributed by atoms with Crippen molar-refractivity contribution < 1.29 is 13.9 Å². The Balaban J connectivity index is 2.16. The second-order valence-electron chi connectivity index (χ2n) is 4.74. The van der Waals surface area contributed by atoms with E-state index in [-0.39, 0.29) is 5.91 Å². The van der Waals surface area contributed by atoms with Crippen LogP contribution in [0, 0.1) is 6.92 Å². The van der Waals surface area contributed by atoms with Gasteiger partial charge in [-0.25, -0.2) is 0 Å². The van der Waals surface area contributed by atoms with Crippen LogP contribution in [-0.4, -0.2) is 31.1 Å². The van der Waals surface area contributed by atoms with E-state index in [2.05, 4.69) is 15.9 Å². The van der Waals surface area contributed by atoms with Crippen LogP contribution in [0.25, 0.3) is 0 Å². The largest absolute Gasteiger partial charge is 0.464 e. The molecule has 0 aliphatic rings. The number of ether oxygens (including phenoxy) is 1. The third kappa shape index (κ3) is 4.44. The molecule has 2 rings (SSSR count). The Kier molecular flexibility index (Phi) is 5.59. The summed E-state index contributed by atoms with van der Waals surface area (Å²) in [7, 11) is 1.62. The molecule has 0 bridgehead atoms. The first kappa shape index (κ1) is 15.8. The molecule has 0 saturated heterocycles. The molecule has 0 aliphatic heterocycles. The highest BCUT2D eigenvalue weighted by atomic mass is 79.9. The zero-order valence-corrected chi connectivity index (χ0v) is 13.7. The van der Waals surface area contributed by atoms with Gasteiger partial charge in [0.25, 0.3) is 5.91 Å². The number of carbonyl (C=O) groups is 1. The maximum absolute atomic E-state index is 12.6. The average molecular weight is 352 g/mol. The summed E-state index contributed by atoms with van der Waals surface area (Å²) in [4.78, 5) is 14.3. The Morgan fingerprint density at radius 1 is 1.33 bits per heavy atom. The van der Waals surface area contributed by atoms with E-state index >= 15 is 0 Å². The molecule has 0 aliphatic carbocycles. The second-order valence-corrected chi connectivity index (χ2v) is 5.66. The van der Waals surface area contributed by atoms with Crippen molar-refractivity contribution in [2.45, 2.75) is 13.5 Å². The fraction of sp³-hybridized carbons (Fsp3) is 0.312. The molecule has 0 unspecified atom stereocenters. The number of methoxy groups -OCH3 is 1. The Morgan fingerprint density at radius 3 is 2.76 bits per heavy atom. The summed E-state index contributed by atoms with van der Waals surface area (Å²) in [6.07, 6.45) is 0. The predicted octanol–water partition coefficient (Wildman–Crippen LogP) is 3.64. The number of aryl methyl sites for hydroxylation is 1. The molecule has 21 heavy (non-hydrogen) atoms. The van der Waals surface area contributed by atoms with Gasteiger partial charge in [0.2, 0.25) is 0 Å². The standard InChI is InChI=1S/C16H18BrNO3/c1-12-6-7-15(21-12)11-18(8-9-20-2)16(19)13-4-3-5-14(17)10-13/h3-7,10H,8-9,11H2,1-2H3. The summed E-state index contributed by atoms with van der Waals surface area (Å²) in [6, 6.07) is 11.2. The van der Waals surface area contributed by atoms with E-state index in [4.69, 9.17) is 9.15 Å². The molecule has 0 spiro atoms. The molecule has 5 heteroatoms. The van der Waals surface area contributed by atoms with E-state index in [0.717, 1.165) is 16.0 Å². The van der Waals surface area contributed by atoms with Gasteiger partial charge in [0.05, 0.1) is 13.2 Å². The summed E-state index contributed by atoms with van der Waals surface area (Å²) in [6.45, 7) is 3.32. The molecular formula is C16H18BrNO3. The lowest BCUT2D eigenvalue weighted by molar-refractivity contribution is 0.0666. The highest BCUT2D eigenvalue weighted by Crippen LogP contribution is 2.16. The van der Waals surface area contributed by atoms with Gasteiger partial charge in [-0.1, -0.05) is 22.0 Å². The monoisotopic (exact) mass is 351 g/mol. The van der Waals surface area contributed by atoms with E-state index in [1.54, 1.807) is 18.1 Å². The minimum Gasteiger partial charge on any atom is -0.464 e. The van der Waals surface area contributed by atoms with Crippen molar-refractivity contribution in [1.82, 2.24) is 4.90 Å². The molecule has 0 saturated carbocycles. The van der Waals surface area contributed by atoms with Crippen LogP contribution >= 0.6 is 15.9 Å². The van der Waals surface area contributed by atoms with E-state index in [1.807, 2.05) is 37.3 Å². The second kappa shape index (κ2) is 7.43. The SMILES string of the molecule is COCCN(Cc1ccc(C)o1)C(=O)c1cccc(Br)c1. The van der Waals surface area contributed by atoms with Gasteiger partial charge in [-0.2, -0.15) is 0 Å². The van der Waals surface area contributed by atoms with Gasteiger partial charge in [-0.3, -0.25) is 4.79 Å². The van der Waals surface area contributed by atoms with Gasteiger partial charge in [0.15, 0.2) is 0 Å². The first-order valence-electron chi connectivity index (χ1n) is 6.69. The highest BCUT2D eigenvalue weighted by molar-refractivity contribution is 9.10. The summed E-state index contributed by atoms with van der Waals surface area (Å²) >= 11 is 3.39. The molecule has 0 N–H and O–H groups in total. The van der Waals surface area contributed by atoms with Gasteiger partial charge < -0.3 is 14.1 Å². The first-order chi connectivity index (χ1) is 10.1. The van der Waals surface area contributed by atoms with Crippen LogP contribution in [0.2, 0.25) is 0 Å². The number of carbonyl (C=O) groups excluding carboxylic acids is 1. The van der Waals surface area contributed by atoms with Gasteiger partial charge in [0, 0.05) is 23.7 Å². The molecule has 1 amide bonds. The quantitative estimate of drug-likeness (QED) is 0.797. The Morgan fingerprint density at radius 2 is 2.14 bits per heavy atom. The van der Waals surface area contributed by atoms with Crippen LogP contribution in [0.15, 0.2) is 45.3 Å². The fourth-order valence-electron chi connectivity index (χ4n) is 2.02. The minimum atomic E-state index is -0.0394. The van der Waals surface area contributed by atoms with Crippen LogP contribution in [0.5, 0.6) is 0 Å². The first-order valence-corrected chi connectivity index (χ1v) is 7.48. The number of nitrogens with zero attached hydrogens (tertiary/aromatic N) is 1. The number of furan rings is 1. The van der Waals surface area contributed by atoms with Gasteiger partial charge >= 0.3 is 0 Å². The number of hydrogen-bond donors (Lipinski definition) is 0. The van der Waals surface area contributed by atoms with Crippen LogP contribution in [0.3, 0.4) is 0 Å². The molecule has 1 heterocycles. The number of hydrogen-bond acceptors (Lipinski definition) is 3. The third-order valence-electron chi connectivity index (χ3n) is 3.07. The average Bonchev–Trinajstić information content (AvgIpc) is 2.88. The van der Waals surface area contributed by atoms with Crippen molar-refractivity contribution in [3.8, 4) is 0 Å². The highest BCUT2D eigenvalue weighted by Gasteiger charge is 2.17. The molecule has 4 nitrogen and oxygen atoms in total. The van der Waals surface area contributed by atoms with Crippen LogP contribution in [0.4, 0.5) is 0 Å². The van der Waals surface area contributed by atoms with Crippen molar-refractivity contribution in [3.63, 3.8) is 0 Å². The molecule has 0 radical (unpaired) electrons. The van der Waals surface area contributed by atoms with Crippen molar-refractivity contribution in [2.24, 2.45) is 0 Å². The number of rotatable bonds is 6. The summed E-state index contributed by atoms with van der Waals surface area (Å²) in [5.74, 6) is 1.57. The van der Waals surface area contributed by atoms with E-state index < -0.39 is 0 Å². The van der Waals surface area contributed by atoms with Crippen molar-refractivity contribution in [3.05, 3.63) is 58.0 Å². The molecular weight excluding hydrogens is 334 g/mol. The van der Waals surface area contributed by atoms with E-state index in [1.165, 1.54) is 0 Å². The number of halogens is 1. The molecule has 0 fully saturated rings. The van der Waals surface area contributed by atoms with Crippen LogP contribution in [-0.2, 0) is 11.3 Å². The van der Waals surface area contributed by atoms with Crippen LogP contribution < -0.4 is 0 Å². The Bertz CT molecular complexity index is 609. The Hall–Kier alpha value is -1.59. The van der Waals surface area contributed by atoms with Gasteiger partial charge in [0.1, 0.15) is 11.5 Å². The zero-order chi connectivity index (χ0) is 15.2. The van der Waals surface area contributed by atoms with Crippen molar-refractivity contribution in [2.75, 3.05) is 20.3 Å². The fourth-order valence-corrected chi connectivity index (χ4v) is 2.42. The molecule has 1 aromatic carbocycles. The van der Waals surface area contributed by atoms with Crippen molar-refractivity contribution >= 4 is 21.8 Å². The smallest absolute Gasteiger partial charge is 0.254 e. The van der Waals surface area contributed by atoms with E-state index in [9.17, 15) is 4.79 Å². The number of benzene rings is 1. The normalized spacial score (nSPS) is 10.6. The lowest BCUT2D eigenvalue weighted by Gasteiger charge is -2.21. The van der Waals surface area contributed by atoms with Gasteiger partial charge in [-0.05, 0) is 37.3 Å². The van der Waals surface area contributed by atoms with Crippen LogP contribution in [0.1, 0.15) is 21.9 Å². The molecule has 112 valence electrons. The lowest BCUT2D eigenvalue weighted by atomic mass is 10.2. The molecule has 0 atom stereocenters. The van der Waals surface area contributed by atoms with Gasteiger partial charge in [-0.15, -0.1) is 0 Å².